The molecule has 128 valence electrons. The summed E-state index contributed by atoms with van der Waals surface area (Å²) >= 11 is 0. The summed E-state index contributed by atoms with van der Waals surface area (Å²) < 4.78 is 11.2. The molecule has 0 fully saturated rings. The summed E-state index contributed by atoms with van der Waals surface area (Å²) in [7, 11) is 0. The van der Waals surface area contributed by atoms with Crippen molar-refractivity contribution in [3.05, 3.63) is 54.1 Å². The first kappa shape index (κ1) is 17.8. The number of ether oxygens (including phenoxy) is 2. The molecule has 0 aliphatic rings. The summed E-state index contributed by atoms with van der Waals surface area (Å²) in [6.07, 6.45) is 0.0391. The van der Waals surface area contributed by atoms with Crippen molar-refractivity contribution in [1.82, 2.24) is 0 Å². The van der Waals surface area contributed by atoms with Crippen LogP contribution in [0.3, 0.4) is 0 Å². The Morgan fingerprint density at radius 2 is 1.92 bits per heavy atom. The molecule has 24 heavy (non-hydrogen) atoms. The minimum absolute atomic E-state index is 0.172. The number of anilines is 1. The van der Waals surface area contributed by atoms with Crippen LogP contribution in [-0.4, -0.2) is 25.2 Å². The number of rotatable bonds is 8. The number of aryl methyl sites for hydroxylation is 1. The standard InChI is InChI=1S/C19H24N2O3/c1-3-18(24-17-6-4-5-14(2)13-17)19(22)21-15-7-9-16(10-8-15)23-12-11-20/h4-10,13,18H,3,11-12,20H2,1-2H3,(H,21,22). The van der Waals surface area contributed by atoms with E-state index < -0.39 is 6.10 Å². The average molecular weight is 328 g/mol. The van der Waals surface area contributed by atoms with Gasteiger partial charge in [-0.3, -0.25) is 4.79 Å². The van der Waals surface area contributed by atoms with Crippen molar-refractivity contribution in [1.29, 1.82) is 0 Å². The molecule has 0 saturated heterocycles. The maximum Gasteiger partial charge on any atom is 0.265 e. The molecular formula is C19H24N2O3. The van der Waals surface area contributed by atoms with Crippen LogP contribution in [0, 0.1) is 6.92 Å². The largest absolute Gasteiger partial charge is 0.492 e. The van der Waals surface area contributed by atoms with Crippen LogP contribution in [0.4, 0.5) is 5.69 Å². The van der Waals surface area contributed by atoms with E-state index in [-0.39, 0.29) is 5.91 Å². The van der Waals surface area contributed by atoms with Crippen molar-refractivity contribution in [2.45, 2.75) is 26.4 Å². The third kappa shape index (κ3) is 5.28. The molecule has 3 N–H and O–H groups in total. The second kappa shape index (κ2) is 8.93. The summed E-state index contributed by atoms with van der Waals surface area (Å²) in [6.45, 7) is 4.84. The van der Waals surface area contributed by atoms with Gasteiger partial charge in [-0.2, -0.15) is 0 Å². The Kier molecular flexibility index (Phi) is 6.63. The van der Waals surface area contributed by atoms with Crippen molar-refractivity contribution in [2.75, 3.05) is 18.5 Å². The van der Waals surface area contributed by atoms with Gasteiger partial charge in [0.25, 0.3) is 5.91 Å². The lowest BCUT2D eigenvalue weighted by Gasteiger charge is -2.17. The van der Waals surface area contributed by atoms with Gasteiger partial charge < -0.3 is 20.5 Å². The normalized spacial score (nSPS) is 11.6. The van der Waals surface area contributed by atoms with Gasteiger partial charge in [0.05, 0.1) is 0 Å². The van der Waals surface area contributed by atoms with Gasteiger partial charge in [-0.15, -0.1) is 0 Å². The van der Waals surface area contributed by atoms with Crippen LogP contribution in [0.1, 0.15) is 18.9 Å². The van der Waals surface area contributed by atoms with Gasteiger partial charge in [0.15, 0.2) is 6.10 Å². The molecule has 5 nitrogen and oxygen atoms in total. The van der Waals surface area contributed by atoms with Crippen molar-refractivity contribution >= 4 is 11.6 Å². The topological polar surface area (TPSA) is 73.6 Å². The lowest BCUT2D eigenvalue weighted by Crippen LogP contribution is -2.32. The van der Waals surface area contributed by atoms with Gasteiger partial charge in [0.1, 0.15) is 18.1 Å². The van der Waals surface area contributed by atoms with Gasteiger partial charge in [-0.05, 0) is 55.3 Å². The summed E-state index contributed by atoms with van der Waals surface area (Å²) in [5.41, 5.74) is 7.19. The zero-order valence-corrected chi connectivity index (χ0v) is 14.1. The predicted molar refractivity (Wildman–Crippen MR) is 95.5 cm³/mol. The molecule has 2 aromatic rings. The van der Waals surface area contributed by atoms with E-state index in [1.165, 1.54) is 0 Å². The summed E-state index contributed by atoms with van der Waals surface area (Å²) in [5.74, 6) is 1.25. The molecule has 1 unspecified atom stereocenters. The Balaban J connectivity index is 1.96. The molecule has 1 amide bonds. The summed E-state index contributed by atoms with van der Waals surface area (Å²) in [6, 6.07) is 14.9. The second-order valence-electron chi connectivity index (χ2n) is 5.48. The molecule has 0 radical (unpaired) electrons. The highest BCUT2D eigenvalue weighted by Gasteiger charge is 2.18. The monoisotopic (exact) mass is 328 g/mol. The van der Waals surface area contributed by atoms with Gasteiger partial charge in [0, 0.05) is 12.2 Å². The van der Waals surface area contributed by atoms with Crippen molar-refractivity contribution in [3.8, 4) is 11.5 Å². The highest BCUT2D eigenvalue weighted by Crippen LogP contribution is 2.18. The zero-order chi connectivity index (χ0) is 17.4. The molecule has 2 rings (SSSR count). The first-order valence-electron chi connectivity index (χ1n) is 8.09. The van der Waals surface area contributed by atoms with Crippen LogP contribution in [-0.2, 0) is 4.79 Å². The zero-order valence-electron chi connectivity index (χ0n) is 14.1. The third-order valence-electron chi connectivity index (χ3n) is 3.44. The molecule has 1 atom stereocenters. The minimum atomic E-state index is -0.542. The van der Waals surface area contributed by atoms with E-state index >= 15 is 0 Å². The van der Waals surface area contributed by atoms with Crippen LogP contribution in [0.2, 0.25) is 0 Å². The van der Waals surface area contributed by atoms with Gasteiger partial charge in [0.2, 0.25) is 0 Å². The fraction of sp³-hybridized carbons (Fsp3) is 0.316. The molecule has 2 aromatic carbocycles. The number of amides is 1. The van der Waals surface area contributed by atoms with Crippen LogP contribution in [0.25, 0.3) is 0 Å². The number of nitrogens with two attached hydrogens (primary N) is 1. The number of hydrogen-bond donors (Lipinski definition) is 2. The molecule has 0 heterocycles. The Morgan fingerprint density at radius 1 is 1.17 bits per heavy atom. The van der Waals surface area contributed by atoms with E-state index in [4.69, 9.17) is 15.2 Å². The molecule has 0 aliphatic heterocycles. The van der Waals surface area contributed by atoms with Crippen LogP contribution in [0.15, 0.2) is 48.5 Å². The van der Waals surface area contributed by atoms with E-state index in [1.54, 1.807) is 24.3 Å². The lowest BCUT2D eigenvalue weighted by molar-refractivity contribution is -0.122. The number of hydrogen-bond acceptors (Lipinski definition) is 4. The predicted octanol–water partition coefficient (Wildman–Crippen LogP) is 3.13. The van der Waals surface area contributed by atoms with Crippen LogP contribution >= 0.6 is 0 Å². The lowest BCUT2D eigenvalue weighted by atomic mass is 10.2. The van der Waals surface area contributed by atoms with E-state index in [2.05, 4.69) is 5.32 Å². The van der Waals surface area contributed by atoms with E-state index in [0.717, 1.165) is 11.3 Å². The fourth-order valence-electron chi connectivity index (χ4n) is 2.21. The smallest absolute Gasteiger partial charge is 0.265 e. The maximum absolute atomic E-state index is 12.4. The third-order valence-corrected chi connectivity index (χ3v) is 3.44. The second-order valence-corrected chi connectivity index (χ2v) is 5.48. The average Bonchev–Trinajstić information content (AvgIpc) is 2.59. The maximum atomic E-state index is 12.4. The molecule has 5 heteroatoms. The Hall–Kier alpha value is -2.53. The highest BCUT2D eigenvalue weighted by atomic mass is 16.5. The van der Waals surface area contributed by atoms with E-state index in [1.807, 2.05) is 38.1 Å². The van der Waals surface area contributed by atoms with Crippen molar-refractivity contribution < 1.29 is 14.3 Å². The first-order chi connectivity index (χ1) is 11.6. The number of carbonyl (C=O) groups excluding carboxylic acids is 1. The fourth-order valence-corrected chi connectivity index (χ4v) is 2.21. The molecular weight excluding hydrogens is 304 g/mol. The minimum Gasteiger partial charge on any atom is -0.492 e. The number of nitrogens with one attached hydrogen (secondary N) is 1. The molecule has 0 aliphatic carbocycles. The molecule has 0 spiro atoms. The Morgan fingerprint density at radius 3 is 2.54 bits per heavy atom. The van der Waals surface area contributed by atoms with Gasteiger partial charge >= 0.3 is 0 Å². The Labute approximate surface area is 142 Å². The van der Waals surface area contributed by atoms with Crippen LogP contribution in [0.5, 0.6) is 11.5 Å². The molecule has 0 bridgehead atoms. The van der Waals surface area contributed by atoms with Gasteiger partial charge in [-0.1, -0.05) is 19.1 Å². The number of benzene rings is 2. The summed E-state index contributed by atoms with van der Waals surface area (Å²) in [4.78, 5) is 12.4. The molecule has 0 saturated carbocycles. The molecule has 0 aromatic heterocycles. The van der Waals surface area contributed by atoms with E-state index in [9.17, 15) is 4.79 Å². The SMILES string of the molecule is CCC(Oc1cccc(C)c1)C(=O)Nc1ccc(OCCN)cc1. The van der Waals surface area contributed by atoms with Gasteiger partial charge in [-0.25, -0.2) is 0 Å². The van der Waals surface area contributed by atoms with E-state index in [0.29, 0.717) is 31.0 Å². The Bertz CT molecular complexity index is 656. The van der Waals surface area contributed by atoms with Crippen LogP contribution < -0.4 is 20.5 Å². The van der Waals surface area contributed by atoms with Crippen molar-refractivity contribution in [3.63, 3.8) is 0 Å². The van der Waals surface area contributed by atoms with Crippen molar-refractivity contribution in [2.24, 2.45) is 5.73 Å². The quantitative estimate of drug-likeness (QED) is 0.781. The first-order valence-corrected chi connectivity index (χ1v) is 8.09. The highest BCUT2D eigenvalue weighted by molar-refractivity contribution is 5.94. The number of carbonyl (C=O) groups is 1. The summed E-state index contributed by atoms with van der Waals surface area (Å²) in [5, 5.41) is 2.87.